The molecule has 1 rings (SSSR count). The minimum absolute atomic E-state index is 0.668. The third kappa shape index (κ3) is 5.40. The average molecular weight is 314 g/mol. The van der Waals surface area contributed by atoms with Crippen LogP contribution in [0.25, 0.3) is 0 Å². The van der Waals surface area contributed by atoms with Crippen LogP contribution in [0.3, 0.4) is 0 Å². The van der Waals surface area contributed by atoms with Crippen LogP contribution in [0.15, 0.2) is 30.3 Å². The molecule has 0 unspecified atom stereocenters. The predicted octanol–water partition coefficient (Wildman–Crippen LogP) is 3.95. The van der Waals surface area contributed by atoms with Gasteiger partial charge in [0.25, 0.3) is 0 Å². The van der Waals surface area contributed by atoms with E-state index < -0.39 is 0 Å². The van der Waals surface area contributed by atoms with Crippen LogP contribution in [0.5, 0.6) is 5.75 Å². The Morgan fingerprint density at radius 3 is 2.33 bits per heavy atom. The molecule has 0 amide bonds. The van der Waals surface area contributed by atoms with Crippen LogP contribution in [-0.2, 0) is 0 Å². The number of rotatable bonds is 9. The molecule has 18 heavy (non-hydrogen) atoms. The lowest BCUT2D eigenvalue weighted by Gasteiger charge is -2.29. The Labute approximate surface area is 119 Å². The summed E-state index contributed by atoms with van der Waals surface area (Å²) in [5.74, 6) is 0.959. The van der Waals surface area contributed by atoms with Gasteiger partial charge in [0.15, 0.2) is 0 Å². The molecule has 0 bridgehead atoms. The van der Waals surface area contributed by atoms with Gasteiger partial charge in [-0.15, -0.1) is 0 Å². The van der Waals surface area contributed by atoms with Gasteiger partial charge in [-0.3, -0.25) is 4.90 Å². The van der Waals surface area contributed by atoms with Gasteiger partial charge in [0, 0.05) is 24.5 Å². The van der Waals surface area contributed by atoms with Gasteiger partial charge in [-0.25, -0.2) is 0 Å². The maximum Gasteiger partial charge on any atom is 0.119 e. The van der Waals surface area contributed by atoms with Crippen LogP contribution in [0.2, 0.25) is 0 Å². The second-order valence-electron chi connectivity index (χ2n) is 4.36. The molecule has 102 valence electrons. The van der Waals surface area contributed by atoms with E-state index in [4.69, 9.17) is 4.74 Å². The van der Waals surface area contributed by atoms with Gasteiger partial charge >= 0.3 is 0 Å². The third-order valence-corrected chi connectivity index (χ3v) is 3.58. The molecule has 0 aliphatic heterocycles. The lowest BCUT2D eigenvalue weighted by molar-refractivity contribution is 0.160. The number of alkyl halides is 1. The molecule has 0 spiro atoms. The van der Waals surface area contributed by atoms with Crippen molar-refractivity contribution in [3.8, 4) is 5.75 Å². The van der Waals surface area contributed by atoms with Crippen molar-refractivity contribution in [2.75, 3.05) is 25.0 Å². The SMILES string of the molecule is CCC(CC)N(CCBr)CCOc1ccccc1. The second kappa shape index (κ2) is 9.40. The third-order valence-electron chi connectivity index (χ3n) is 3.22. The van der Waals surface area contributed by atoms with Gasteiger partial charge < -0.3 is 4.74 Å². The van der Waals surface area contributed by atoms with Crippen LogP contribution in [-0.4, -0.2) is 36.0 Å². The smallest absolute Gasteiger partial charge is 0.119 e. The molecule has 0 atom stereocenters. The molecule has 0 N–H and O–H groups in total. The first-order valence-corrected chi connectivity index (χ1v) is 7.91. The minimum atomic E-state index is 0.668. The number of benzene rings is 1. The first kappa shape index (κ1) is 15.5. The van der Waals surface area contributed by atoms with Crippen LogP contribution in [0, 0.1) is 0 Å². The fourth-order valence-corrected chi connectivity index (χ4v) is 2.64. The maximum absolute atomic E-state index is 5.77. The minimum Gasteiger partial charge on any atom is -0.492 e. The summed E-state index contributed by atoms with van der Waals surface area (Å²) in [6.07, 6.45) is 2.41. The maximum atomic E-state index is 5.77. The Balaban J connectivity index is 2.37. The number of halogens is 1. The summed E-state index contributed by atoms with van der Waals surface area (Å²) >= 11 is 3.53. The molecule has 0 saturated heterocycles. The molecule has 0 aliphatic rings. The number of para-hydroxylation sites is 1. The molecule has 0 saturated carbocycles. The van der Waals surface area contributed by atoms with Crippen molar-refractivity contribution >= 4 is 15.9 Å². The predicted molar refractivity (Wildman–Crippen MR) is 81.7 cm³/mol. The zero-order valence-electron chi connectivity index (χ0n) is 11.4. The number of ether oxygens (including phenoxy) is 1. The van der Waals surface area contributed by atoms with Crippen LogP contribution in [0.4, 0.5) is 0 Å². The Hall–Kier alpha value is -0.540. The summed E-state index contributed by atoms with van der Waals surface area (Å²) < 4.78 is 5.77. The molecule has 0 heterocycles. The standard InChI is InChI=1S/C15H24BrNO/c1-3-14(4-2)17(11-10-16)12-13-18-15-8-6-5-7-9-15/h5-9,14H,3-4,10-13H2,1-2H3. The Bertz CT molecular complexity index is 301. The summed E-state index contributed by atoms with van der Waals surface area (Å²) in [6, 6.07) is 10.7. The molecular weight excluding hydrogens is 290 g/mol. The zero-order valence-corrected chi connectivity index (χ0v) is 13.0. The van der Waals surface area contributed by atoms with Crippen molar-refractivity contribution in [3.05, 3.63) is 30.3 Å². The van der Waals surface area contributed by atoms with Crippen molar-refractivity contribution < 1.29 is 4.74 Å². The summed E-state index contributed by atoms with van der Waals surface area (Å²) in [5.41, 5.74) is 0. The fourth-order valence-electron chi connectivity index (χ4n) is 2.19. The van der Waals surface area contributed by atoms with Gasteiger partial charge in [-0.05, 0) is 25.0 Å². The monoisotopic (exact) mass is 313 g/mol. The number of hydrogen-bond acceptors (Lipinski definition) is 2. The van der Waals surface area contributed by atoms with Gasteiger partial charge in [-0.2, -0.15) is 0 Å². The van der Waals surface area contributed by atoms with Crippen molar-refractivity contribution in [2.24, 2.45) is 0 Å². The number of nitrogens with zero attached hydrogens (tertiary/aromatic N) is 1. The van der Waals surface area contributed by atoms with E-state index in [1.807, 2.05) is 30.3 Å². The van der Waals surface area contributed by atoms with E-state index in [-0.39, 0.29) is 0 Å². The Morgan fingerprint density at radius 1 is 1.11 bits per heavy atom. The first-order chi connectivity index (χ1) is 8.81. The van der Waals surface area contributed by atoms with Crippen LogP contribution < -0.4 is 4.74 Å². The topological polar surface area (TPSA) is 12.5 Å². The highest BCUT2D eigenvalue weighted by Crippen LogP contribution is 2.11. The van der Waals surface area contributed by atoms with E-state index in [1.165, 1.54) is 12.8 Å². The molecular formula is C15H24BrNO. The lowest BCUT2D eigenvalue weighted by Crippen LogP contribution is -2.38. The molecule has 1 aromatic carbocycles. The van der Waals surface area contributed by atoms with Gasteiger partial charge in [0.05, 0.1) is 0 Å². The van der Waals surface area contributed by atoms with Crippen molar-refractivity contribution in [1.29, 1.82) is 0 Å². The molecule has 0 aromatic heterocycles. The normalized spacial score (nSPS) is 11.2. The molecule has 0 aliphatic carbocycles. The Morgan fingerprint density at radius 2 is 1.78 bits per heavy atom. The fraction of sp³-hybridized carbons (Fsp3) is 0.600. The van der Waals surface area contributed by atoms with Gasteiger partial charge in [0.2, 0.25) is 0 Å². The summed E-state index contributed by atoms with van der Waals surface area (Å²) in [6.45, 7) is 7.35. The molecule has 3 heteroatoms. The summed E-state index contributed by atoms with van der Waals surface area (Å²) in [4.78, 5) is 2.51. The largest absolute Gasteiger partial charge is 0.492 e. The molecule has 1 aromatic rings. The van der Waals surface area contributed by atoms with Crippen molar-refractivity contribution in [1.82, 2.24) is 4.90 Å². The van der Waals surface area contributed by atoms with E-state index >= 15 is 0 Å². The second-order valence-corrected chi connectivity index (χ2v) is 5.15. The van der Waals surface area contributed by atoms with Crippen LogP contribution in [0.1, 0.15) is 26.7 Å². The molecule has 2 nitrogen and oxygen atoms in total. The van der Waals surface area contributed by atoms with E-state index in [0.717, 1.165) is 30.8 Å². The van der Waals surface area contributed by atoms with Gasteiger partial charge in [-0.1, -0.05) is 48.0 Å². The Kier molecular flexibility index (Phi) is 8.10. The van der Waals surface area contributed by atoms with E-state index in [9.17, 15) is 0 Å². The van der Waals surface area contributed by atoms with E-state index in [1.54, 1.807) is 0 Å². The highest BCUT2D eigenvalue weighted by Gasteiger charge is 2.13. The van der Waals surface area contributed by atoms with Gasteiger partial charge in [0.1, 0.15) is 12.4 Å². The van der Waals surface area contributed by atoms with E-state index in [2.05, 4.69) is 34.7 Å². The summed E-state index contributed by atoms with van der Waals surface area (Å²) in [5, 5.41) is 1.02. The highest BCUT2D eigenvalue weighted by atomic mass is 79.9. The highest BCUT2D eigenvalue weighted by molar-refractivity contribution is 9.09. The number of hydrogen-bond donors (Lipinski definition) is 0. The summed E-state index contributed by atoms with van der Waals surface area (Å²) in [7, 11) is 0. The van der Waals surface area contributed by atoms with E-state index in [0.29, 0.717) is 6.04 Å². The van der Waals surface area contributed by atoms with Crippen molar-refractivity contribution in [3.63, 3.8) is 0 Å². The lowest BCUT2D eigenvalue weighted by atomic mass is 10.1. The quantitative estimate of drug-likeness (QED) is 0.640. The first-order valence-electron chi connectivity index (χ1n) is 6.79. The average Bonchev–Trinajstić information content (AvgIpc) is 2.41. The van der Waals surface area contributed by atoms with Crippen LogP contribution >= 0.6 is 15.9 Å². The molecule has 0 radical (unpaired) electrons. The molecule has 0 fully saturated rings. The van der Waals surface area contributed by atoms with Crippen molar-refractivity contribution in [2.45, 2.75) is 32.7 Å². The zero-order chi connectivity index (χ0) is 13.2.